The highest BCUT2D eigenvalue weighted by atomic mass is 35.5. The van der Waals surface area contributed by atoms with Crippen molar-refractivity contribution >= 4 is 40.6 Å². The zero-order valence-electron chi connectivity index (χ0n) is 13.3. The minimum atomic E-state index is -4.63. The molecule has 1 aromatic carbocycles. The van der Waals surface area contributed by atoms with E-state index in [1.54, 1.807) is 35.7 Å². The molecule has 1 N–H and O–H groups in total. The third kappa shape index (κ3) is 3.94. The zero-order chi connectivity index (χ0) is 18.9. The standard InChI is InChI=1S/C16H12ClF3N4OS/c1-9(26-15-23-22-13-4-2-3-7-24(13)15)14(25)21-12-6-5-10(17)8-11(12)16(18,19)20/h2-9H,1H3,(H,21,25)/t9-/m1/s1. The number of benzene rings is 1. The van der Waals surface area contributed by atoms with Crippen LogP contribution in [0.4, 0.5) is 18.9 Å². The number of carbonyl (C=O) groups is 1. The van der Waals surface area contributed by atoms with Gasteiger partial charge in [0.25, 0.3) is 0 Å². The van der Waals surface area contributed by atoms with Crippen LogP contribution in [0.2, 0.25) is 5.02 Å². The number of alkyl halides is 3. The molecular weight excluding hydrogens is 389 g/mol. The molecule has 0 unspecified atom stereocenters. The summed E-state index contributed by atoms with van der Waals surface area (Å²) in [6.07, 6.45) is -2.89. The van der Waals surface area contributed by atoms with Gasteiger partial charge in [-0.25, -0.2) is 0 Å². The number of halogens is 4. The van der Waals surface area contributed by atoms with Gasteiger partial charge in [-0.1, -0.05) is 29.4 Å². The lowest BCUT2D eigenvalue weighted by Gasteiger charge is -2.16. The Balaban J connectivity index is 1.78. The first-order valence-electron chi connectivity index (χ1n) is 7.40. The Morgan fingerprint density at radius 1 is 1.27 bits per heavy atom. The Hall–Kier alpha value is -2.26. The second-order valence-electron chi connectivity index (χ2n) is 5.35. The molecule has 3 aromatic rings. The van der Waals surface area contributed by atoms with E-state index in [4.69, 9.17) is 11.6 Å². The number of pyridine rings is 1. The van der Waals surface area contributed by atoms with Gasteiger partial charge in [0, 0.05) is 11.2 Å². The fraction of sp³-hybridized carbons (Fsp3) is 0.188. The van der Waals surface area contributed by atoms with Gasteiger partial charge in [0.15, 0.2) is 10.8 Å². The number of nitrogens with one attached hydrogen (secondary N) is 1. The molecule has 0 aliphatic rings. The topological polar surface area (TPSA) is 59.3 Å². The molecule has 0 fully saturated rings. The molecule has 0 bridgehead atoms. The summed E-state index contributed by atoms with van der Waals surface area (Å²) in [6.45, 7) is 1.58. The van der Waals surface area contributed by atoms with Crippen LogP contribution < -0.4 is 5.32 Å². The average Bonchev–Trinajstić information content (AvgIpc) is 2.98. The molecule has 5 nitrogen and oxygen atoms in total. The lowest BCUT2D eigenvalue weighted by atomic mass is 10.1. The van der Waals surface area contributed by atoms with E-state index in [9.17, 15) is 18.0 Å². The SMILES string of the molecule is C[C@@H](Sc1nnc2ccccn12)C(=O)Nc1ccc(Cl)cc1C(F)(F)F. The highest BCUT2D eigenvalue weighted by Crippen LogP contribution is 2.37. The molecule has 136 valence electrons. The number of thioether (sulfide) groups is 1. The monoisotopic (exact) mass is 400 g/mol. The largest absolute Gasteiger partial charge is 0.418 e. The van der Waals surface area contributed by atoms with Crippen molar-refractivity contribution in [3.63, 3.8) is 0 Å². The van der Waals surface area contributed by atoms with Crippen molar-refractivity contribution in [1.29, 1.82) is 0 Å². The van der Waals surface area contributed by atoms with Crippen molar-refractivity contribution in [3.05, 3.63) is 53.2 Å². The molecule has 0 saturated heterocycles. The first kappa shape index (κ1) is 18.5. The minimum absolute atomic E-state index is 0.0623. The number of hydrogen-bond donors (Lipinski definition) is 1. The smallest absolute Gasteiger partial charge is 0.325 e. The summed E-state index contributed by atoms with van der Waals surface area (Å²) < 4.78 is 41.1. The summed E-state index contributed by atoms with van der Waals surface area (Å²) in [4.78, 5) is 12.3. The molecular formula is C16H12ClF3N4OS. The van der Waals surface area contributed by atoms with Gasteiger partial charge in [0.2, 0.25) is 5.91 Å². The maximum Gasteiger partial charge on any atom is 0.418 e. The predicted molar refractivity (Wildman–Crippen MR) is 93.4 cm³/mol. The first-order chi connectivity index (χ1) is 12.3. The summed E-state index contributed by atoms with van der Waals surface area (Å²) in [5.41, 5.74) is -0.728. The third-order valence-electron chi connectivity index (χ3n) is 3.48. The zero-order valence-corrected chi connectivity index (χ0v) is 14.9. The Morgan fingerprint density at radius 2 is 2.04 bits per heavy atom. The summed E-state index contributed by atoms with van der Waals surface area (Å²) in [5.74, 6) is -0.587. The molecule has 1 amide bonds. The van der Waals surface area contributed by atoms with Gasteiger partial charge >= 0.3 is 6.18 Å². The summed E-state index contributed by atoms with van der Waals surface area (Å²) in [5, 5.41) is 9.98. The molecule has 2 aromatic heterocycles. The molecule has 0 radical (unpaired) electrons. The molecule has 0 aliphatic heterocycles. The average molecular weight is 401 g/mol. The van der Waals surface area contributed by atoms with Crippen molar-refractivity contribution < 1.29 is 18.0 Å². The molecule has 0 saturated carbocycles. The van der Waals surface area contributed by atoms with E-state index < -0.39 is 22.9 Å². The van der Waals surface area contributed by atoms with Crippen LogP contribution in [0.1, 0.15) is 12.5 Å². The van der Waals surface area contributed by atoms with Gasteiger partial charge in [-0.2, -0.15) is 13.2 Å². The lowest BCUT2D eigenvalue weighted by molar-refractivity contribution is -0.137. The van der Waals surface area contributed by atoms with E-state index in [0.29, 0.717) is 10.8 Å². The first-order valence-corrected chi connectivity index (χ1v) is 8.65. The summed E-state index contributed by atoms with van der Waals surface area (Å²) in [6, 6.07) is 8.54. The van der Waals surface area contributed by atoms with Crippen LogP contribution in [0.5, 0.6) is 0 Å². The molecule has 1 atom stereocenters. The van der Waals surface area contributed by atoms with E-state index in [1.165, 1.54) is 6.07 Å². The number of fused-ring (bicyclic) bond motifs is 1. The van der Waals surface area contributed by atoms with Crippen molar-refractivity contribution in [2.24, 2.45) is 0 Å². The highest BCUT2D eigenvalue weighted by molar-refractivity contribution is 8.00. The van der Waals surface area contributed by atoms with E-state index in [-0.39, 0.29) is 10.7 Å². The molecule has 2 heterocycles. The van der Waals surface area contributed by atoms with Crippen LogP contribution in [-0.2, 0) is 11.0 Å². The van der Waals surface area contributed by atoms with Crippen molar-refractivity contribution in [2.45, 2.75) is 23.5 Å². The third-order valence-corrected chi connectivity index (χ3v) is 4.77. The Morgan fingerprint density at radius 3 is 2.77 bits per heavy atom. The lowest BCUT2D eigenvalue weighted by Crippen LogP contribution is -2.24. The predicted octanol–water partition coefficient (Wildman–Crippen LogP) is 4.52. The molecule has 26 heavy (non-hydrogen) atoms. The van der Waals surface area contributed by atoms with E-state index in [0.717, 1.165) is 23.9 Å². The Kier molecular flexibility index (Phi) is 5.10. The maximum atomic E-state index is 13.1. The van der Waals surface area contributed by atoms with Crippen molar-refractivity contribution in [1.82, 2.24) is 14.6 Å². The van der Waals surface area contributed by atoms with Gasteiger partial charge in [-0.05, 0) is 37.3 Å². The number of amides is 1. The number of hydrogen-bond acceptors (Lipinski definition) is 4. The molecule has 10 heteroatoms. The van der Waals surface area contributed by atoms with Crippen molar-refractivity contribution in [3.8, 4) is 0 Å². The minimum Gasteiger partial charge on any atom is -0.325 e. The van der Waals surface area contributed by atoms with E-state index >= 15 is 0 Å². The molecule has 3 rings (SSSR count). The number of anilines is 1. The summed E-state index contributed by atoms with van der Waals surface area (Å²) in [7, 11) is 0. The molecule has 0 aliphatic carbocycles. The maximum absolute atomic E-state index is 13.1. The fourth-order valence-electron chi connectivity index (χ4n) is 2.21. The van der Waals surface area contributed by atoms with Crippen LogP contribution in [-0.4, -0.2) is 25.8 Å². The van der Waals surface area contributed by atoms with Gasteiger partial charge < -0.3 is 5.32 Å². The number of carbonyl (C=O) groups excluding carboxylic acids is 1. The van der Waals surface area contributed by atoms with Gasteiger partial charge in [0.1, 0.15) is 0 Å². The Labute approximate surface area is 155 Å². The van der Waals surface area contributed by atoms with Gasteiger partial charge in [-0.15, -0.1) is 10.2 Å². The quantitative estimate of drug-likeness (QED) is 0.654. The number of rotatable bonds is 4. The van der Waals surface area contributed by atoms with Gasteiger partial charge in [0.05, 0.1) is 16.5 Å². The van der Waals surface area contributed by atoms with Crippen LogP contribution in [0.15, 0.2) is 47.8 Å². The number of aromatic nitrogens is 3. The fourth-order valence-corrected chi connectivity index (χ4v) is 3.22. The second kappa shape index (κ2) is 7.16. The summed E-state index contributed by atoms with van der Waals surface area (Å²) >= 11 is 6.73. The van der Waals surface area contributed by atoms with Crippen molar-refractivity contribution in [2.75, 3.05) is 5.32 Å². The van der Waals surface area contributed by atoms with E-state index in [1.807, 2.05) is 0 Å². The van der Waals surface area contributed by atoms with Gasteiger partial charge in [-0.3, -0.25) is 9.20 Å². The van der Waals surface area contributed by atoms with Crippen LogP contribution in [0, 0.1) is 0 Å². The molecule has 0 spiro atoms. The Bertz CT molecular complexity index is 960. The van der Waals surface area contributed by atoms with Crippen LogP contribution in [0.25, 0.3) is 5.65 Å². The normalized spacial score (nSPS) is 13.0. The van der Waals surface area contributed by atoms with Crippen LogP contribution in [0.3, 0.4) is 0 Å². The van der Waals surface area contributed by atoms with E-state index in [2.05, 4.69) is 15.5 Å². The van der Waals surface area contributed by atoms with Crippen LogP contribution >= 0.6 is 23.4 Å². The number of nitrogens with zero attached hydrogens (tertiary/aromatic N) is 3. The highest BCUT2D eigenvalue weighted by Gasteiger charge is 2.34. The second-order valence-corrected chi connectivity index (χ2v) is 7.09.